The number of nitrogens with zero attached hydrogens (tertiary/aromatic N) is 1. The number of ether oxygens (including phenoxy) is 1. The minimum atomic E-state index is -0.387. The van der Waals surface area contributed by atoms with Gasteiger partial charge in [0.15, 0.2) is 5.16 Å². The molecule has 2 aromatic heterocycles. The summed E-state index contributed by atoms with van der Waals surface area (Å²) in [5, 5.41) is 2.59. The lowest BCUT2D eigenvalue weighted by Crippen LogP contribution is -2.19. The standard InChI is InChI=1S/C18H18N2O3S2/c1-4-13(17(22)23-3)25-18-19-15(21)14-12(9-24-16(14)20-18)11-7-5-10(2)6-8-11/h5-9,13H,4H2,1-3H3,(H,19,20,21). The second kappa shape index (κ2) is 7.41. The van der Waals surface area contributed by atoms with Crippen molar-refractivity contribution >= 4 is 39.3 Å². The Morgan fingerprint density at radius 2 is 2.08 bits per heavy atom. The highest BCUT2D eigenvalue weighted by Gasteiger charge is 2.21. The summed E-state index contributed by atoms with van der Waals surface area (Å²) < 4.78 is 4.79. The van der Waals surface area contributed by atoms with Gasteiger partial charge in [-0.25, -0.2) is 4.98 Å². The lowest BCUT2D eigenvalue weighted by molar-refractivity contribution is -0.140. The molecule has 0 aliphatic carbocycles. The van der Waals surface area contributed by atoms with E-state index in [1.54, 1.807) is 0 Å². The average Bonchev–Trinajstić information content (AvgIpc) is 3.04. The van der Waals surface area contributed by atoms with Gasteiger partial charge < -0.3 is 9.72 Å². The van der Waals surface area contributed by atoms with Crippen LogP contribution in [0.15, 0.2) is 39.6 Å². The van der Waals surface area contributed by atoms with Crippen LogP contribution in [0.25, 0.3) is 21.3 Å². The maximum absolute atomic E-state index is 12.6. The number of carbonyl (C=O) groups is 1. The predicted octanol–water partition coefficient (Wildman–Crippen LogP) is 4.00. The molecule has 2 heterocycles. The number of nitrogens with one attached hydrogen (secondary N) is 1. The van der Waals surface area contributed by atoms with E-state index in [9.17, 15) is 9.59 Å². The van der Waals surface area contributed by atoms with Crippen molar-refractivity contribution in [3.8, 4) is 11.1 Å². The molecule has 1 unspecified atom stereocenters. The largest absolute Gasteiger partial charge is 0.468 e. The number of H-pyrrole nitrogens is 1. The van der Waals surface area contributed by atoms with E-state index in [1.807, 2.05) is 43.5 Å². The number of rotatable bonds is 5. The Kier molecular flexibility index (Phi) is 5.24. The summed E-state index contributed by atoms with van der Waals surface area (Å²) in [7, 11) is 1.36. The Morgan fingerprint density at radius 1 is 1.36 bits per heavy atom. The predicted molar refractivity (Wildman–Crippen MR) is 102 cm³/mol. The van der Waals surface area contributed by atoms with E-state index in [0.29, 0.717) is 21.8 Å². The van der Waals surface area contributed by atoms with Gasteiger partial charge in [0.1, 0.15) is 10.1 Å². The minimum Gasteiger partial charge on any atom is -0.468 e. The molecule has 0 bridgehead atoms. The molecule has 5 nitrogen and oxygen atoms in total. The number of aromatic amines is 1. The van der Waals surface area contributed by atoms with Gasteiger partial charge in [0.05, 0.1) is 12.5 Å². The van der Waals surface area contributed by atoms with Gasteiger partial charge in [-0.1, -0.05) is 48.5 Å². The second-order valence-corrected chi connectivity index (χ2v) is 7.65. The highest BCUT2D eigenvalue weighted by molar-refractivity contribution is 8.00. The smallest absolute Gasteiger partial charge is 0.319 e. The van der Waals surface area contributed by atoms with Crippen LogP contribution >= 0.6 is 23.1 Å². The Hall–Kier alpha value is -2.12. The molecule has 0 spiro atoms. The molecule has 3 rings (SSSR count). The van der Waals surface area contributed by atoms with Gasteiger partial charge in [0.2, 0.25) is 0 Å². The SMILES string of the molecule is CCC(Sc1nc2scc(-c3ccc(C)cc3)c2c(=O)[nH]1)C(=O)OC. The van der Waals surface area contributed by atoms with Crippen LogP contribution in [0.4, 0.5) is 0 Å². The average molecular weight is 374 g/mol. The Balaban J connectivity index is 2.00. The number of thiophene rings is 1. The molecule has 0 saturated heterocycles. The quantitative estimate of drug-likeness (QED) is 0.415. The molecule has 1 N–H and O–H groups in total. The molecule has 0 saturated carbocycles. The van der Waals surface area contributed by atoms with Gasteiger partial charge in [-0.3, -0.25) is 9.59 Å². The van der Waals surface area contributed by atoms with E-state index >= 15 is 0 Å². The summed E-state index contributed by atoms with van der Waals surface area (Å²) in [6, 6.07) is 8.05. The molecule has 0 aliphatic heterocycles. The number of hydrogen-bond donors (Lipinski definition) is 1. The molecule has 1 aromatic carbocycles. The van der Waals surface area contributed by atoms with Gasteiger partial charge in [0, 0.05) is 10.9 Å². The van der Waals surface area contributed by atoms with Crippen LogP contribution in [0.2, 0.25) is 0 Å². The molecule has 25 heavy (non-hydrogen) atoms. The fourth-order valence-corrected chi connectivity index (χ4v) is 4.42. The molecule has 1 atom stereocenters. The molecule has 130 valence electrons. The van der Waals surface area contributed by atoms with Crippen LogP contribution in [0.1, 0.15) is 18.9 Å². The highest BCUT2D eigenvalue weighted by atomic mass is 32.2. The van der Waals surface area contributed by atoms with Gasteiger partial charge in [0.25, 0.3) is 5.56 Å². The maximum atomic E-state index is 12.6. The van der Waals surface area contributed by atoms with E-state index < -0.39 is 0 Å². The zero-order chi connectivity index (χ0) is 18.0. The van der Waals surface area contributed by atoms with Crippen LogP contribution in [0.5, 0.6) is 0 Å². The summed E-state index contributed by atoms with van der Waals surface area (Å²) in [6.07, 6.45) is 0.595. The topological polar surface area (TPSA) is 72.0 Å². The highest BCUT2D eigenvalue weighted by Crippen LogP contribution is 2.32. The van der Waals surface area contributed by atoms with Crippen LogP contribution in [-0.4, -0.2) is 28.3 Å². The number of fused-ring (bicyclic) bond motifs is 1. The monoisotopic (exact) mass is 374 g/mol. The third-order valence-corrected chi connectivity index (χ3v) is 5.97. The zero-order valence-corrected chi connectivity index (χ0v) is 15.8. The number of aryl methyl sites for hydroxylation is 1. The summed E-state index contributed by atoms with van der Waals surface area (Å²) in [5.41, 5.74) is 2.85. The van der Waals surface area contributed by atoms with E-state index in [-0.39, 0.29) is 16.8 Å². The molecular weight excluding hydrogens is 356 g/mol. The Labute approximate surface area is 153 Å². The van der Waals surface area contributed by atoms with Crippen molar-refractivity contribution in [1.82, 2.24) is 9.97 Å². The van der Waals surface area contributed by atoms with Gasteiger partial charge in [-0.05, 0) is 18.9 Å². The van der Waals surface area contributed by atoms with E-state index in [0.717, 1.165) is 11.1 Å². The molecule has 0 radical (unpaired) electrons. The van der Waals surface area contributed by atoms with Gasteiger partial charge in [-0.15, -0.1) is 11.3 Å². The number of carbonyl (C=O) groups excluding carboxylic acids is 1. The fourth-order valence-electron chi connectivity index (χ4n) is 2.49. The van der Waals surface area contributed by atoms with E-state index in [4.69, 9.17) is 4.74 Å². The maximum Gasteiger partial charge on any atom is 0.319 e. The van der Waals surface area contributed by atoms with Crippen LogP contribution in [0, 0.1) is 6.92 Å². The molecule has 0 amide bonds. The number of esters is 1. The first kappa shape index (κ1) is 17.7. The normalized spacial score (nSPS) is 12.3. The lowest BCUT2D eigenvalue weighted by Gasteiger charge is -2.10. The summed E-state index contributed by atoms with van der Waals surface area (Å²) >= 11 is 2.65. The minimum absolute atomic E-state index is 0.191. The van der Waals surface area contributed by atoms with Crippen molar-refractivity contribution in [3.05, 3.63) is 45.6 Å². The second-order valence-electron chi connectivity index (χ2n) is 5.60. The van der Waals surface area contributed by atoms with Crippen molar-refractivity contribution in [2.75, 3.05) is 7.11 Å². The van der Waals surface area contributed by atoms with Crippen molar-refractivity contribution in [1.29, 1.82) is 0 Å². The Morgan fingerprint density at radius 3 is 2.72 bits per heavy atom. The van der Waals surface area contributed by atoms with Gasteiger partial charge >= 0.3 is 5.97 Å². The first-order valence-electron chi connectivity index (χ1n) is 7.86. The molecule has 0 fully saturated rings. The summed E-state index contributed by atoms with van der Waals surface area (Å²) in [4.78, 5) is 32.4. The zero-order valence-electron chi connectivity index (χ0n) is 14.2. The third-order valence-electron chi connectivity index (χ3n) is 3.87. The van der Waals surface area contributed by atoms with Crippen molar-refractivity contribution in [3.63, 3.8) is 0 Å². The summed E-state index contributed by atoms with van der Waals surface area (Å²) in [5.74, 6) is -0.318. The van der Waals surface area contributed by atoms with Crippen molar-refractivity contribution < 1.29 is 9.53 Å². The fraction of sp³-hybridized carbons (Fsp3) is 0.278. The first-order valence-corrected chi connectivity index (χ1v) is 9.62. The number of benzene rings is 1. The Bertz CT molecular complexity index is 961. The molecule has 0 aliphatic rings. The first-order chi connectivity index (χ1) is 12.0. The van der Waals surface area contributed by atoms with Crippen LogP contribution < -0.4 is 5.56 Å². The van der Waals surface area contributed by atoms with Crippen LogP contribution in [0.3, 0.4) is 0 Å². The van der Waals surface area contributed by atoms with Crippen LogP contribution in [-0.2, 0) is 9.53 Å². The molecule has 3 aromatic rings. The third kappa shape index (κ3) is 3.62. The molecular formula is C18H18N2O3S2. The van der Waals surface area contributed by atoms with Crippen molar-refractivity contribution in [2.45, 2.75) is 30.7 Å². The number of hydrogen-bond acceptors (Lipinski definition) is 6. The number of aromatic nitrogens is 2. The van der Waals surface area contributed by atoms with Crippen molar-refractivity contribution in [2.24, 2.45) is 0 Å². The number of methoxy groups -OCH3 is 1. The van der Waals surface area contributed by atoms with E-state index in [2.05, 4.69) is 9.97 Å². The molecule has 7 heteroatoms. The lowest BCUT2D eigenvalue weighted by atomic mass is 10.1. The number of thioether (sulfide) groups is 1. The summed E-state index contributed by atoms with van der Waals surface area (Å²) in [6.45, 7) is 3.92. The van der Waals surface area contributed by atoms with E-state index in [1.165, 1.54) is 35.8 Å². The van der Waals surface area contributed by atoms with Gasteiger partial charge in [-0.2, -0.15) is 0 Å².